The van der Waals surface area contributed by atoms with Gasteiger partial charge in [-0.2, -0.15) is 0 Å². The van der Waals surface area contributed by atoms with E-state index in [0.717, 1.165) is 0 Å². The summed E-state index contributed by atoms with van der Waals surface area (Å²) in [4.78, 5) is 0.935. The van der Waals surface area contributed by atoms with Crippen LogP contribution >= 0.6 is 71.7 Å². The molecule has 100 valence electrons. The van der Waals surface area contributed by atoms with Gasteiger partial charge in [-0.3, -0.25) is 0 Å². The second-order valence-electron chi connectivity index (χ2n) is 3.57. The summed E-state index contributed by atoms with van der Waals surface area (Å²) in [6, 6.07) is 6.34. The van der Waals surface area contributed by atoms with Crippen LogP contribution in [0.3, 0.4) is 0 Å². The van der Waals surface area contributed by atoms with Crippen LogP contribution in [0.5, 0.6) is 11.5 Å². The molecule has 0 aromatic heterocycles. The fourth-order valence-corrected chi connectivity index (χ4v) is 2.66. The Morgan fingerprint density at radius 3 is 1.42 bits per heavy atom. The van der Waals surface area contributed by atoms with Gasteiger partial charge < -0.3 is 4.74 Å². The van der Waals surface area contributed by atoms with Gasteiger partial charge in [0.1, 0.15) is 11.5 Å². The summed E-state index contributed by atoms with van der Waals surface area (Å²) in [5.74, 6) is 0.795. The lowest BCUT2D eigenvalue weighted by Gasteiger charge is -2.12. The third-order valence-electron chi connectivity index (χ3n) is 2.21. The summed E-state index contributed by atoms with van der Waals surface area (Å²) in [5, 5.41) is 1.65. The van der Waals surface area contributed by atoms with Crippen molar-refractivity contribution in [1.29, 1.82) is 0 Å². The average molecular weight is 372 g/mol. The minimum atomic E-state index is 0.389. The molecule has 0 bridgehead atoms. The van der Waals surface area contributed by atoms with E-state index in [0.29, 0.717) is 41.4 Å². The molecule has 0 heterocycles. The van der Waals surface area contributed by atoms with Crippen molar-refractivity contribution in [3.63, 3.8) is 0 Å². The standard InChI is InChI=1S/C12H6Cl4OS2/c13-5-1-7(15)11(18)9(3-5)17-10-4-6(14)2-8(16)12(10)19/h1-4,18-19H. The zero-order valence-corrected chi connectivity index (χ0v) is 13.9. The predicted molar refractivity (Wildman–Crippen MR) is 87.5 cm³/mol. The van der Waals surface area contributed by atoms with Gasteiger partial charge in [-0.1, -0.05) is 46.4 Å². The molecule has 0 aliphatic heterocycles. The lowest BCUT2D eigenvalue weighted by molar-refractivity contribution is 0.461. The molecule has 0 aliphatic carbocycles. The number of ether oxygens (including phenoxy) is 1. The van der Waals surface area contributed by atoms with Gasteiger partial charge in [-0.15, -0.1) is 25.3 Å². The van der Waals surface area contributed by atoms with Crippen molar-refractivity contribution < 1.29 is 4.74 Å². The molecule has 0 aliphatic rings. The first kappa shape index (κ1) is 15.5. The van der Waals surface area contributed by atoms with Crippen LogP contribution in [-0.4, -0.2) is 0 Å². The van der Waals surface area contributed by atoms with Crippen LogP contribution in [0.15, 0.2) is 34.1 Å². The van der Waals surface area contributed by atoms with Gasteiger partial charge in [-0.05, 0) is 12.1 Å². The molecule has 0 saturated heterocycles. The van der Waals surface area contributed by atoms with Crippen molar-refractivity contribution in [2.24, 2.45) is 0 Å². The van der Waals surface area contributed by atoms with Crippen LogP contribution < -0.4 is 4.74 Å². The first-order chi connectivity index (χ1) is 8.88. The fourth-order valence-electron chi connectivity index (χ4n) is 1.36. The van der Waals surface area contributed by atoms with Crippen LogP contribution in [0.1, 0.15) is 0 Å². The molecule has 1 nitrogen and oxygen atoms in total. The smallest absolute Gasteiger partial charge is 0.143 e. The number of hydrogen-bond donors (Lipinski definition) is 2. The predicted octanol–water partition coefficient (Wildman–Crippen LogP) is 6.67. The van der Waals surface area contributed by atoms with Crippen molar-refractivity contribution in [3.8, 4) is 11.5 Å². The molecule has 0 fully saturated rings. The molecule has 0 amide bonds. The molecule has 0 N–H and O–H groups in total. The van der Waals surface area contributed by atoms with Crippen molar-refractivity contribution in [1.82, 2.24) is 0 Å². The zero-order chi connectivity index (χ0) is 14.2. The summed E-state index contributed by atoms with van der Waals surface area (Å²) >= 11 is 32.3. The van der Waals surface area contributed by atoms with E-state index in [1.165, 1.54) is 0 Å². The molecule has 2 rings (SSSR count). The van der Waals surface area contributed by atoms with Crippen molar-refractivity contribution >= 4 is 71.7 Å². The molecule has 0 radical (unpaired) electrons. The van der Waals surface area contributed by atoms with E-state index < -0.39 is 0 Å². The fraction of sp³-hybridized carbons (Fsp3) is 0. The highest BCUT2D eigenvalue weighted by atomic mass is 35.5. The van der Waals surface area contributed by atoms with E-state index in [9.17, 15) is 0 Å². The highest BCUT2D eigenvalue weighted by Crippen LogP contribution is 2.40. The second-order valence-corrected chi connectivity index (χ2v) is 6.15. The van der Waals surface area contributed by atoms with Gasteiger partial charge in [0.05, 0.1) is 19.8 Å². The number of thiol groups is 2. The van der Waals surface area contributed by atoms with Gasteiger partial charge in [0.15, 0.2) is 0 Å². The van der Waals surface area contributed by atoms with E-state index in [-0.39, 0.29) is 0 Å². The normalized spacial score (nSPS) is 10.6. The van der Waals surface area contributed by atoms with E-state index in [2.05, 4.69) is 25.3 Å². The maximum absolute atomic E-state index is 5.98. The van der Waals surface area contributed by atoms with Crippen molar-refractivity contribution in [2.45, 2.75) is 9.79 Å². The topological polar surface area (TPSA) is 9.23 Å². The van der Waals surface area contributed by atoms with Crippen LogP contribution in [0.25, 0.3) is 0 Å². The molecule has 2 aromatic carbocycles. The van der Waals surface area contributed by atoms with Crippen LogP contribution in [-0.2, 0) is 0 Å². The zero-order valence-electron chi connectivity index (χ0n) is 9.12. The monoisotopic (exact) mass is 370 g/mol. The third kappa shape index (κ3) is 3.60. The average Bonchev–Trinajstić information content (AvgIpc) is 2.31. The largest absolute Gasteiger partial charge is 0.455 e. The Balaban J connectivity index is 2.47. The molecule has 2 aromatic rings. The minimum absolute atomic E-state index is 0.389. The summed E-state index contributed by atoms with van der Waals surface area (Å²) in [5.41, 5.74) is 0. The van der Waals surface area contributed by atoms with E-state index in [4.69, 9.17) is 51.1 Å². The molecule has 0 atom stereocenters. The summed E-state index contributed by atoms with van der Waals surface area (Å²) in [6.45, 7) is 0. The van der Waals surface area contributed by atoms with Crippen molar-refractivity contribution in [2.75, 3.05) is 0 Å². The first-order valence-electron chi connectivity index (χ1n) is 4.92. The lowest BCUT2D eigenvalue weighted by atomic mass is 10.3. The minimum Gasteiger partial charge on any atom is -0.455 e. The lowest BCUT2D eigenvalue weighted by Crippen LogP contribution is -1.89. The molecule has 7 heteroatoms. The first-order valence-corrected chi connectivity index (χ1v) is 7.33. The van der Waals surface area contributed by atoms with Gasteiger partial charge in [0.25, 0.3) is 0 Å². The number of benzene rings is 2. The Labute approximate surface area is 141 Å². The molecule has 19 heavy (non-hydrogen) atoms. The summed E-state index contributed by atoms with van der Waals surface area (Å²) < 4.78 is 5.67. The quantitative estimate of drug-likeness (QED) is 0.560. The van der Waals surface area contributed by atoms with Crippen LogP contribution in [0, 0.1) is 0 Å². The van der Waals surface area contributed by atoms with Gasteiger partial charge in [-0.25, -0.2) is 0 Å². The van der Waals surface area contributed by atoms with Gasteiger partial charge >= 0.3 is 0 Å². The maximum Gasteiger partial charge on any atom is 0.143 e. The highest BCUT2D eigenvalue weighted by Gasteiger charge is 2.12. The molecule has 0 saturated carbocycles. The molecular weight excluding hydrogens is 366 g/mol. The van der Waals surface area contributed by atoms with E-state index in [1.54, 1.807) is 24.3 Å². The van der Waals surface area contributed by atoms with Crippen LogP contribution in [0.4, 0.5) is 0 Å². The summed E-state index contributed by atoms with van der Waals surface area (Å²) in [7, 11) is 0. The maximum atomic E-state index is 5.98. The van der Waals surface area contributed by atoms with Crippen LogP contribution in [0.2, 0.25) is 20.1 Å². The summed E-state index contributed by atoms with van der Waals surface area (Å²) in [6.07, 6.45) is 0. The Kier molecular flexibility index (Phi) is 5.09. The molecular formula is C12H6Cl4OS2. The van der Waals surface area contributed by atoms with E-state index in [1.807, 2.05) is 0 Å². The third-order valence-corrected chi connectivity index (χ3v) is 4.43. The Morgan fingerprint density at radius 2 is 1.05 bits per heavy atom. The SMILES string of the molecule is Sc1c(Cl)cc(Cl)cc1Oc1cc(Cl)cc(Cl)c1S. The molecule has 0 unspecified atom stereocenters. The van der Waals surface area contributed by atoms with Crippen molar-refractivity contribution in [3.05, 3.63) is 44.4 Å². The number of rotatable bonds is 2. The van der Waals surface area contributed by atoms with Gasteiger partial charge in [0, 0.05) is 22.2 Å². The van der Waals surface area contributed by atoms with E-state index >= 15 is 0 Å². The highest BCUT2D eigenvalue weighted by molar-refractivity contribution is 7.80. The Morgan fingerprint density at radius 1 is 0.684 bits per heavy atom. The number of halogens is 4. The Hall–Kier alpha value is 0.1000. The number of hydrogen-bond acceptors (Lipinski definition) is 3. The molecule has 0 spiro atoms. The van der Waals surface area contributed by atoms with Gasteiger partial charge in [0.2, 0.25) is 0 Å². The second kappa shape index (κ2) is 6.25. The Bertz CT molecular complexity index is 591.